The molecule has 0 fully saturated rings. The molecule has 0 saturated carbocycles. The quantitative estimate of drug-likeness (QED) is 0.295. The molecule has 25 heavy (non-hydrogen) atoms. The highest BCUT2D eigenvalue weighted by molar-refractivity contribution is 6.07. The predicted octanol–water partition coefficient (Wildman–Crippen LogP) is 4.65. The molecule has 5 nitrogen and oxygen atoms in total. The lowest BCUT2D eigenvalue weighted by atomic mass is 10.0. The first-order valence-electron chi connectivity index (χ1n) is 7.61. The van der Waals surface area contributed by atoms with Crippen molar-refractivity contribution in [2.45, 2.75) is 0 Å². The zero-order valence-electron chi connectivity index (χ0n) is 13.5. The minimum absolute atomic E-state index is 0.0366. The van der Waals surface area contributed by atoms with Gasteiger partial charge < -0.3 is 4.74 Å². The van der Waals surface area contributed by atoms with Crippen LogP contribution in [0.2, 0.25) is 0 Å². The van der Waals surface area contributed by atoms with Gasteiger partial charge in [0.2, 0.25) is 0 Å². The number of rotatable bonds is 5. The number of fused-ring (bicyclic) bond motifs is 1. The molecule has 0 radical (unpaired) electrons. The molecule has 0 N–H and O–H groups in total. The number of allylic oxidation sites excluding steroid dienone is 1. The number of ketones is 1. The Hall–Kier alpha value is -3.47. The van der Waals surface area contributed by atoms with Crippen molar-refractivity contribution < 1.29 is 14.5 Å². The van der Waals surface area contributed by atoms with E-state index in [1.165, 1.54) is 30.3 Å². The maximum atomic E-state index is 12.2. The largest absolute Gasteiger partial charge is 0.497 e. The highest BCUT2D eigenvalue weighted by atomic mass is 16.6. The molecule has 0 unspecified atom stereocenters. The van der Waals surface area contributed by atoms with Gasteiger partial charge in [0.1, 0.15) is 5.75 Å². The number of nitrogens with zero attached hydrogens (tertiary/aromatic N) is 1. The lowest BCUT2D eigenvalue weighted by Crippen LogP contribution is -1.95. The van der Waals surface area contributed by atoms with Crippen molar-refractivity contribution >= 4 is 28.3 Å². The van der Waals surface area contributed by atoms with E-state index in [1.807, 2.05) is 36.4 Å². The molecule has 0 spiro atoms. The molecule has 0 aromatic heterocycles. The van der Waals surface area contributed by atoms with Crippen molar-refractivity contribution in [2.24, 2.45) is 0 Å². The maximum absolute atomic E-state index is 12.2. The first-order valence-corrected chi connectivity index (χ1v) is 7.61. The van der Waals surface area contributed by atoms with Gasteiger partial charge in [-0.05, 0) is 52.7 Å². The fraction of sp³-hybridized carbons (Fsp3) is 0.0500. The van der Waals surface area contributed by atoms with E-state index in [9.17, 15) is 14.9 Å². The Labute approximate surface area is 144 Å². The summed E-state index contributed by atoms with van der Waals surface area (Å²) in [6.07, 6.45) is 3.19. The number of nitro groups is 1. The second kappa shape index (κ2) is 6.97. The molecule has 3 aromatic rings. The van der Waals surface area contributed by atoms with E-state index < -0.39 is 4.92 Å². The van der Waals surface area contributed by atoms with Gasteiger partial charge in [-0.25, -0.2) is 0 Å². The van der Waals surface area contributed by atoms with Crippen LogP contribution in [0.15, 0.2) is 66.7 Å². The van der Waals surface area contributed by atoms with E-state index in [-0.39, 0.29) is 11.5 Å². The highest BCUT2D eigenvalue weighted by Gasteiger charge is 2.07. The summed E-state index contributed by atoms with van der Waals surface area (Å²) < 4.78 is 5.20. The molecule has 0 aliphatic carbocycles. The van der Waals surface area contributed by atoms with Crippen LogP contribution in [-0.4, -0.2) is 17.8 Å². The molecule has 3 aromatic carbocycles. The summed E-state index contributed by atoms with van der Waals surface area (Å²) in [7, 11) is 1.63. The monoisotopic (exact) mass is 333 g/mol. The van der Waals surface area contributed by atoms with Gasteiger partial charge in [0.05, 0.1) is 12.0 Å². The third kappa shape index (κ3) is 3.72. The molecule has 0 bridgehead atoms. The molecule has 0 aliphatic rings. The zero-order valence-corrected chi connectivity index (χ0v) is 13.5. The third-order valence-corrected chi connectivity index (χ3v) is 3.86. The second-order valence-electron chi connectivity index (χ2n) is 5.47. The van der Waals surface area contributed by atoms with Crippen LogP contribution < -0.4 is 4.74 Å². The number of carbonyl (C=O) groups is 1. The van der Waals surface area contributed by atoms with Crippen LogP contribution in [0.25, 0.3) is 16.8 Å². The maximum Gasteiger partial charge on any atom is 0.269 e. The van der Waals surface area contributed by atoms with E-state index >= 15 is 0 Å². The van der Waals surface area contributed by atoms with Gasteiger partial charge in [0, 0.05) is 17.7 Å². The molecule has 0 amide bonds. The average molecular weight is 333 g/mol. The minimum atomic E-state index is -0.492. The van der Waals surface area contributed by atoms with Gasteiger partial charge in [0.15, 0.2) is 5.78 Å². The lowest BCUT2D eigenvalue weighted by Gasteiger charge is -2.03. The Bertz CT molecular complexity index is 975. The molecule has 124 valence electrons. The summed E-state index contributed by atoms with van der Waals surface area (Å²) in [6, 6.07) is 17.2. The summed E-state index contributed by atoms with van der Waals surface area (Å²) >= 11 is 0. The van der Waals surface area contributed by atoms with Gasteiger partial charge in [-0.3, -0.25) is 14.9 Å². The Morgan fingerprint density at radius 2 is 1.68 bits per heavy atom. The van der Waals surface area contributed by atoms with Crippen molar-refractivity contribution in [1.82, 2.24) is 0 Å². The highest BCUT2D eigenvalue weighted by Crippen LogP contribution is 2.22. The SMILES string of the molecule is COc1ccc2cc(C=CC(=O)c3ccc([N+](=O)[O-])cc3)ccc2c1. The number of hydrogen-bond acceptors (Lipinski definition) is 4. The number of nitro benzene ring substituents is 1. The fourth-order valence-corrected chi connectivity index (χ4v) is 2.49. The van der Waals surface area contributed by atoms with Crippen LogP contribution in [0.1, 0.15) is 15.9 Å². The van der Waals surface area contributed by atoms with Crippen molar-refractivity contribution in [1.29, 1.82) is 0 Å². The van der Waals surface area contributed by atoms with E-state index in [2.05, 4.69) is 0 Å². The van der Waals surface area contributed by atoms with Gasteiger partial charge in [-0.2, -0.15) is 0 Å². The van der Waals surface area contributed by atoms with Crippen molar-refractivity contribution in [2.75, 3.05) is 7.11 Å². The normalized spacial score (nSPS) is 10.9. The fourth-order valence-electron chi connectivity index (χ4n) is 2.49. The molecule has 0 atom stereocenters. The van der Waals surface area contributed by atoms with Gasteiger partial charge in [0.25, 0.3) is 5.69 Å². The number of benzene rings is 3. The summed E-state index contributed by atoms with van der Waals surface area (Å²) in [5.74, 6) is 0.592. The summed E-state index contributed by atoms with van der Waals surface area (Å²) in [5, 5.41) is 12.7. The van der Waals surface area contributed by atoms with Gasteiger partial charge >= 0.3 is 0 Å². The molecule has 0 saturated heterocycles. The summed E-state index contributed by atoms with van der Waals surface area (Å²) in [5.41, 5.74) is 1.27. The van der Waals surface area contributed by atoms with Gasteiger partial charge in [-0.1, -0.05) is 24.3 Å². The summed E-state index contributed by atoms with van der Waals surface area (Å²) in [4.78, 5) is 22.3. The zero-order chi connectivity index (χ0) is 17.8. The number of methoxy groups -OCH3 is 1. The Kier molecular flexibility index (Phi) is 4.57. The number of carbonyl (C=O) groups excluding carboxylic acids is 1. The molecule has 0 aliphatic heterocycles. The van der Waals surface area contributed by atoms with Crippen LogP contribution in [0.3, 0.4) is 0 Å². The topological polar surface area (TPSA) is 69.4 Å². The van der Waals surface area contributed by atoms with Crippen LogP contribution in [0, 0.1) is 10.1 Å². The van der Waals surface area contributed by atoms with E-state index in [4.69, 9.17) is 4.74 Å². The second-order valence-corrected chi connectivity index (χ2v) is 5.47. The Balaban J connectivity index is 1.79. The van der Waals surface area contributed by atoms with Crippen LogP contribution in [-0.2, 0) is 0 Å². The van der Waals surface area contributed by atoms with Gasteiger partial charge in [-0.15, -0.1) is 0 Å². The van der Waals surface area contributed by atoms with E-state index in [0.717, 1.165) is 22.1 Å². The van der Waals surface area contributed by atoms with Crippen molar-refractivity contribution in [3.8, 4) is 5.75 Å². The third-order valence-electron chi connectivity index (χ3n) is 3.86. The first-order chi connectivity index (χ1) is 12.1. The standard InChI is InChI=1S/C20H15NO4/c1-25-19-10-7-16-12-14(2-4-17(16)13-19)3-11-20(22)15-5-8-18(9-6-15)21(23)24/h2-13H,1H3. The van der Waals surface area contributed by atoms with Crippen LogP contribution >= 0.6 is 0 Å². The van der Waals surface area contributed by atoms with Crippen molar-refractivity contribution in [3.05, 3.63) is 88.0 Å². The molecule has 3 rings (SSSR count). The van der Waals surface area contributed by atoms with Crippen LogP contribution in [0.5, 0.6) is 5.75 Å². The first kappa shape index (κ1) is 16.4. The number of hydrogen-bond donors (Lipinski definition) is 0. The molecular formula is C20H15NO4. The van der Waals surface area contributed by atoms with E-state index in [1.54, 1.807) is 13.2 Å². The number of ether oxygens (including phenoxy) is 1. The Morgan fingerprint density at radius 3 is 2.36 bits per heavy atom. The number of non-ortho nitro benzene ring substituents is 1. The smallest absolute Gasteiger partial charge is 0.269 e. The van der Waals surface area contributed by atoms with Crippen molar-refractivity contribution in [3.63, 3.8) is 0 Å². The van der Waals surface area contributed by atoms with Crippen LogP contribution in [0.4, 0.5) is 5.69 Å². The minimum Gasteiger partial charge on any atom is -0.497 e. The lowest BCUT2D eigenvalue weighted by molar-refractivity contribution is -0.384. The molecule has 0 heterocycles. The average Bonchev–Trinajstić information content (AvgIpc) is 2.65. The predicted molar refractivity (Wildman–Crippen MR) is 97.0 cm³/mol. The Morgan fingerprint density at radius 1 is 1.00 bits per heavy atom. The molecule has 5 heteroatoms. The summed E-state index contributed by atoms with van der Waals surface area (Å²) in [6.45, 7) is 0. The molecular weight excluding hydrogens is 318 g/mol. The van der Waals surface area contributed by atoms with E-state index in [0.29, 0.717) is 5.56 Å².